The fourth-order valence-corrected chi connectivity index (χ4v) is 4.56. The summed E-state index contributed by atoms with van der Waals surface area (Å²) in [6, 6.07) is 14.0. The van der Waals surface area contributed by atoms with E-state index in [0.29, 0.717) is 30.5 Å². The molecule has 0 spiro atoms. The van der Waals surface area contributed by atoms with Crippen molar-refractivity contribution < 1.29 is 27.8 Å². The number of aliphatic hydroxyl groups excluding tert-OH is 1. The van der Waals surface area contributed by atoms with Crippen molar-refractivity contribution in [2.24, 2.45) is 0 Å². The number of hydrogen-bond acceptors (Lipinski definition) is 8. The van der Waals surface area contributed by atoms with E-state index >= 15 is 0 Å². The predicted molar refractivity (Wildman–Crippen MR) is 135 cm³/mol. The molecule has 0 aliphatic carbocycles. The Labute approximate surface area is 211 Å². The summed E-state index contributed by atoms with van der Waals surface area (Å²) in [5, 5.41) is 14.5. The van der Waals surface area contributed by atoms with Gasteiger partial charge in [-0.3, -0.25) is 9.78 Å². The number of pyridine rings is 1. The van der Waals surface area contributed by atoms with Gasteiger partial charge in [-0.25, -0.2) is 13.1 Å². The normalized spacial score (nSPS) is 12.1. The van der Waals surface area contributed by atoms with Gasteiger partial charge in [0.15, 0.2) is 0 Å². The number of nitrogens with zero attached hydrogens (tertiary/aromatic N) is 1. The Morgan fingerprint density at radius 2 is 1.89 bits per heavy atom. The molecule has 1 heterocycles. The molecule has 11 heteroatoms. The van der Waals surface area contributed by atoms with Gasteiger partial charge >= 0.3 is 5.97 Å². The number of halogens is 1. The zero-order valence-corrected chi connectivity index (χ0v) is 21.0. The largest absolute Gasteiger partial charge is 0.491 e. The average Bonchev–Trinajstić information content (AvgIpc) is 2.86. The topological polar surface area (TPSA) is 127 Å². The lowest BCUT2D eigenvalue weighted by atomic mass is 10.1. The van der Waals surface area contributed by atoms with E-state index < -0.39 is 16.1 Å². The minimum Gasteiger partial charge on any atom is -0.491 e. The van der Waals surface area contributed by atoms with E-state index in [1.807, 2.05) is 18.2 Å². The molecule has 1 unspecified atom stereocenters. The van der Waals surface area contributed by atoms with Gasteiger partial charge in [-0.15, -0.1) is 12.4 Å². The van der Waals surface area contributed by atoms with Crippen molar-refractivity contribution >= 4 is 39.2 Å². The minimum absolute atomic E-state index is 0. The Balaban J connectivity index is 0.00000432. The first-order valence-electron chi connectivity index (χ1n) is 10.9. The molecule has 0 saturated carbocycles. The number of rotatable bonds is 13. The average molecular weight is 524 g/mol. The second kappa shape index (κ2) is 14.0. The molecule has 0 radical (unpaired) electrons. The number of benzene rings is 2. The van der Waals surface area contributed by atoms with E-state index in [-0.39, 0.29) is 43.0 Å². The lowest BCUT2D eigenvalue weighted by Gasteiger charge is -2.14. The summed E-state index contributed by atoms with van der Waals surface area (Å²) in [4.78, 5) is 15.4. The van der Waals surface area contributed by atoms with Gasteiger partial charge in [0.25, 0.3) is 0 Å². The molecule has 3 N–H and O–H groups in total. The van der Waals surface area contributed by atoms with Gasteiger partial charge in [-0.2, -0.15) is 0 Å². The first kappa shape index (κ1) is 28.5. The van der Waals surface area contributed by atoms with Crippen LogP contribution in [0.2, 0.25) is 0 Å². The van der Waals surface area contributed by atoms with Crippen molar-refractivity contribution in [1.29, 1.82) is 0 Å². The smallest absolute Gasteiger partial charge is 0.305 e. The number of sulfonamides is 1. The number of carbonyl (C=O) groups excluding carboxylic acids is 1. The predicted octanol–water partition coefficient (Wildman–Crippen LogP) is 2.07. The molecule has 190 valence electrons. The standard InChI is InChI=1S/C24H29N3O6S.ClH/c1-32-24(29)10-7-18-5-8-21(9-6-18)33-17-20(28)16-26-13-14-27-34(30,31)23-4-2-3-19-15-25-12-11-22(19)23;/h2-6,8-9,11-12,15,20,26-28H,7,10,13-14,16-17H2,1H3;1H. The second-order valence-electron chi connectivity index (χ2n) is 7.64. The summed E-state index contributed by atoms with van der Waals surface area (Å²) in [5.41, 5.74) is 0.989. The molecule has 35 heavy (non-hydrogen) atoms. The van der Waals surface area contributed by atoms with Crippen LogP contribution in [0.5, 0.6) is 5.75 Å². The molecule has 0 aliphatic rings. The number of esters is 1. The third-order valence-electron chi connectivity index (χ3n) is 5.12. The fraction of sp³-hybridized carbons (Fsp3) is 0.333. The summed E-state index contributed by atoms with van der Waals surface area (Å²) in [6.07, 6.45) is 3.32. The molecule has 0 bridgehead atoms. The molecule has 2 aromatic carbocycles. The van der Waals surface area contributed by atoms with Crippen LogP contribution in [-0.2, 0) is 26.0 Å². The van der Waals surface area contributed by atoms with Gasteiger partial charge in [-0.1, -0.05) is 24.3 Å². The van der Waals surface area contributed by atoms with Crippen LogP contribution in [0, 0.1) is 0 Å². The summed E-state index contributed by atoms with van der Waals surface area (Å²) >= 11 is 0. The lowest BCUT2D eigenvalue weighted by molar-refractivity contribution is -0.140. The zero-order chi connectivity index (χ0) is 24.4. The second-order valence-corrected chi connectivity index (χ2v) is 9.38. The first-order chi connectivity index (χ1) is 16.4. The first-order valence-corrected chi connectivity index (χ1v) is 12.4. The minimum atomic E-state index is -3.68. The molecule has 1 atom stereocenters. The molecule has 0 amide bonds. The Morgan fingerprint density at radius 3 is 2.63 bits per heavy atom. The maximum Gasteiger partial charge on any atom is 0.305 e. The molecular weight excluding hydrogens is 494 g/mol. The highest BCUT2D eigenvalue weighted by atomic mass is 35.5. The molecule has 9 nitrogen and oxygen atoms in total. The molecule has 0 aliphatic heterocycles. The molecule has 0 saturated heterocycles. The molecule has 1 aromatic heterocycles. The third kappa shape index (κ3) is 8.75. The van der Waals surface area contributed by atoms with Crippen LogP contribution >= 0.6 is 12.4 Å². The highest BCUT2D eigenvalue weighted by molar-refractivity contribution is 7.89. The molecule has 3 rings (SSSR count). The van der Waals surface area contributed by atoms with Gasteiger partial charge < -0.3 is 19.9 Å². The van der Waals surface area contributed by atoms with E-state index in [1.165, 1.54) is 7.11 Å². The van der Waals surface area contributed by atoms with E-state index in [2.05, 4.69) is 19.8 Å². The summed E-state index contributed by atoms with van der Waals surface area (Å²) in [6.45, 7) is 0.852. The Hall–Kier alpha value is -2.76. The maximum atomic E-state index is 12.7. The number of methoxy groups -OCH3 is 1. The van der Waals surface area contributed by atoms with Crippen molar-refractivity contribution in [3.8, 4) is 5.75 Å². The van der Waals surface area contributed by atoms with E-state index in [4.69, 9.17) is 4.74 Å². The van der Waals surface area contributed by atoms with Crippen molar-refractivity contribution in [3.63, 3.8) is 0 Å². The maximum absolute atomic E-state index is 12.7. The van der Waals surface area contributed by atoms with Crippen LogP contribution < -0.4 is 14.8 Å². The van der Waals surface area contributed by atoms with Crippen LogP contribution in [0.15, 0.2) is 65.8 Å². The Morgan fingerprint density at radius 1 is 1.11 bits per heavy atom. The van der Waals surface area contributed by atoms with Crippen molar-refractivity contribution in [3.05, 3.63) is 66.5 Å². The van der Waals surface area contributed by atoms with Gasteiger partial charge in [0.05, 0.1) is 12.0 Å². The zero-order valence-electron chi connectivity index (χ0n) is 19.3. The van der Waals surface area contributed by atoms with Crippen LogP contribution in [0.25, 0.3) is 10.8 Å². The number of aryl methyl sites for hydroxylation is 1. The number of fused-ring (bicyclic) bond motifs is 1. The quantitative estimate of drug-likeness (QED) is 0.229. The van der Waals surface area contributed by atoms with Crippen LogP contribution in [0.3, 0.4) is 0 Å². The highest BCUT2D eigenvalue weighted by Crippen LogP contribution is 2.21. The fourth-order valence-electron chi connectivity index (χ4n) is 3.30. The Bertz CT molecular complexity index is 1190. The number of ether oxygens (including phenoxy) is 2. The van der Waals surface area contributed by atoms with Gasteiger partial charge in [0.1, 0.15) is 18.5 Å². The van der Waals surface area contributed by atoms with Crippen LogP contribution in [-0.4, -0.2) is 63.9 Å². The Kier molecular flexibility index (Phi) is 11.4. The van der Waals surface area contributed by atoms with Gasteiger partial charge in [-0.05, 0) is 36.2 Å². The van der Waals surface area contributed by atoms with Crippen molar-refractivity contribution in [2.45, 2.75) is 23.8 Å². The number of carbonyl (C=O) groups is 1. The summed E-state index contributed by atoms with van der Waals surface area (Å²) in [7, 11) is -2.32. The van der Waals surface area contributed by atoms with Gasteiger partial charge in [0, 0.05) is 49.2 Å². The molecule has 3 aromatic rings. The summed E-state index contributed by atoms with van der Waals surface area (Å²) < 4.78 is 38.1. The number of nitrogens with one attached hydrogen (secondary N) is 2. The molecular formula is C24H30ClN3O6S. The van der Waals surface area contributed by atoms with Crippen molar-refractivity contribution in [2.75, 3.05) is 33.4 Å². The van der Waals surface area contributed by atoms with E-state index in [1.54, 1.807) is 42.7 Å². The van der Waals surface area contributed by atoms with Crippen LogP contribution in [0.1, 0.15) is 12.0 Å². The monoisotopic (exact) mass is 523 g/mol. The van der Waals surface area contributed by atoms with Crippen LogP contribution in [0.4, 0.5) is 0 Å². The van der Waals surface area contributed by atoms with Crippen molar-refractivity contribution in [1.82, 2.24) is 15.0 Å². The van der Waals surface area contributed by atoms with E-state index in [9.17, 15) is 18.3 Å². The number of hydrogen-bond donors (Lipinski definition) is 3. The lowest BCUT2D eigenvalue weighted by Crippen LogP contribution is -2.37. The molecule has 0 fully saturated rings. The number of aromatic nitrogens is 1. The SMILES string of the molecule is COC(=O)CCc1ccc(OCC(O)CNCCNS(=O)(=O)c2cccc3cnccc23)cc1.Cl. The third-order valence-corrected chi connectivity index (χ3v) is 6.63. The van der Waals surface area contributed by atoms with E-state index in [0.717, 1.165) is 10.9 Å². The van der Waals surface area contributed by atoms with Gasteiger partial charge in [0.2, 0.25) is 10.0 Å². The summed E-state index contributed by atoms with van der Waals surface area (Å²) in [5.74, 6) is 0.355. The number of aliphatic hydroxyl groups is 1. The highest BCUT2D eigenvalue weighted by Gasteiger charge is 2.16.